The van der Waals surface area contributed by atoms with Crippen LogP contribution in [0.1, 0.15) is 19.8 Å². The van der Waals surface area contributed by atoms with Gasteiger partial charge in [0, 0.05) is 31.7 Å². The lowest BCUT2D eigenvalue weighted by molar-refractivity contribution is 0.252. The Hall–Kier alpha value is -1.16. The SMILES string of the molecule is CCCCN(CCO)S(=O)(=O)c1c(NC)nc2sccn12. The molecule has 0 aliphatic rings. The minimum atomic E-state index is -3.71. The molecule has 0 saturated heterocycles. The van der Waals surface area contributed by atoms with E-state index >= 15 is 0 Å². The van der Waals surface area contributed by atoms with Gasteiger partial charge in [0.25, 0.3) is 10.0 Å². The van der Waals surface area contributed by atoms with Gasteiger partial charge in [-0.1, -0.05) is 13.3 Å². The number of aliphatic hydroxyl groups excluding tert-OH is 1. The summed E-state index contributed by atoms with van der Waals surface area (Å²) in [7, 11) is -2.07. The van der Waals surface area contributed by atoms with Crippen LogP contribution in [0.4, 0.5) is 5.82 Å². The Kier molecular flexibility index (Phi) is 5.20. The summed E-state index contributed by atoms with van der Waals surface area (Å²) in [4.78, 5) is 4.90. The molecule has 0 aromatic carbocycles. The van der Waals surface area contributed by atoms with Gasteiger partial charge >= 0.3 is 0 Å². The van der Waals surface area contributed by atoms with Crippen molar-refractivity contribution >= 4 is 32.1 Å². The highest BCUT2D eigenvalue weighted by molar-refractivity contribution is 7.89. The van der Waals surface area contributed by atoms with Gasteiger partial charge in [-0.15, -0.1) is 11.3 Å². The number of aromatic nitrogens is 2. The Bertz CT molecular complexity index is 692. The van der Waals surface area contributed by atoms with Gasteiger partial charge in [-0.05, 0) is 6.42 Å². The second-order valence-corrected chi connectivity index (χ2v) is 7.28. The van der Waals surface area contributed by atoms with Gasteiger partial charge in [0.05, 0.1) is 6.61 Å². The maximum atomic E-state index is 12.9. The number of unbranched alkanes of at least 4 members (excludes halogenated alkanes) is 1. The Morgan fingerprint density at radius 1 is 1.48 bits per heavy atom. The molecule has 0 aliphatic carbocycles. The van der Waals surface area contributed by atoms with Gasteiger partial charge in [-0.2, -0.15) is 4.31 Å². The van der Waals surface area contributed by atoms with E-state index in [2.05, 4.69) is 10.3 Å². The molecule has 0 amide bonds. The molecule has 2 N–H and O–H groups in total. The number of fused-ring (bicyclic) bond motifs is 1. The number of nitrogens with zero attached hydrogens (tertiary/aromatic N) is 3. The molecule has 0 atom stereocenters. The third-order valence-electron chi connectivity index (χ3n) is 3.15. The molecule has 0 fully saturated rings. The highest BCUT2D eigenvalue weighted by Gasteiger charge is 2.31. The average molecular weight is 332 g/mol. The van der Waals surface area contributed by atoms with Crippen LogP contribution in [0.25, 0.3) is 4.96 Å². The van der Waals surface area contributed by atoms with Crippen LogP contribution < -0.4 is 5.32 Å². The molecule has 7 nitrogen and oxygen atoms in total. The summed E-state index contributed by atoms with van der Waals surface area (Å²) in [5.74, 6) is 0.335. The third-order valence-corrected chi connectivity index (χ3v) is 5.83. The van der Waals surface area contributed by atoms with E-state index < -0.39 is 10.0 Å². The molecule has 0 unspecified atom stereocenters. The fraction of sp³-hybridized carbons (Fsp3) is 0.583. The topological polar surface area (TPSA) is 86.9 Å². The van der Waals surface area contributed by atoms with Crippen LogP contribution in [0.5, 0.6) is 0 Å². The van der Waals surface area contributed by atoms with Gasteiger partial charge < -0.3 is 10.4 Å². The number of hydrogen-bond donors (Lipinski definition) is 2. The molecule has 2 rings (SSSR count). The van der Waals surface area contributed by atoms with Gasteiger partial charge in [-0.25, -0.2) is 13.4 Å². The lowest BCUT2D eigenvalue weighted by Crippen LogP contribution is -2.35. The van der Waals surface area contributed by atoms with Crippen molar-refractivity contribution in [3.05, 3.63) is 11.6 Å². The zero-order valence-corrected chi connectivity index (χ0v) is 13.7. The fourth-order valence-electron chi connectivity index (χ4n) is 2.09. The molecule has 0 saturated carbocycles. The molecule has 9 heteroatoms. The minimum absolute atomic E-state index is 0.0862. The highest BCUT2D eigenvalue weighted by Crippen LogP contribution is 2.28. The molecule has 2 heterocycles. The summed E-state index contributed by atoms with van der Waals surface area (Å²) in [5, 5.41) is 13.9. The third kappa shape index (κ3) is 3.05. The molecule has 0 radical (unpaired) electrons. The van der Waals surface area contributed by atoms with Crippen LogP contribution in [0.15, 0.2) is 16.6 Å². The van der Waals surface area contributed by atoms with Crippen molar-refractivity contribution in [2.24, 2.45) is 0 Å². The van der Waals surface area contributed by atoms with Crippen LogP contribution >= 0.6 is 11.3 Å². The molecule has 0 aliphatic heterocycles. The van der Waals surface area contributed by atoms with Crippen molar-refractivity contribution in [1.82, 2.24) is 13.7 Å². The predicted octanol–water partition coefficient (Wildman–Crippen LogP) is 1.22. The lowest BCUT2D eigenvalue weighted by Gasteiger charge is -2.21. The minimum Gasteiger partial charge on any atom is -0.395 e. The van der Waals surface area contributed by atoms with E-state index in [9.17, 15) is 8.42 Å². The van der Waals surface area contributed by atoms with Gasteiger partial charge in [0.2, 0.25) is 0 Å². The molecular weight excluding hydrogens is 312 g/mol. The van der Waals surface area contributed by atoms with E-state index in [1.807, 2.05) is 6.92 Å². The first-order chi connectivity index (χ1) is 10.1. The summed E-state index contributed by atoms with van der Waals surface area (Å²) in [6, 6.07) is 0. The molecular formula is C12H20N4O3S2. The second kappa shape index (κ2) is 6.73. The maximum Gasteiger partial charge on any atom is 0.262 e. The van der Waals surface area contributed by atoms with Crippen LogP contribution in [0.3, 0.4) is 0 Å². The summed E-state index contributed by atoms with van der Waals surface area (Å²) < 4.78 is 28.7. The fourth-order valence-corrected chi connectivity index (χ4v) is 4.59. The van der Waals surface area contributed by atoms with E-state index in [0.29, 0.717) is 17.3 Å². The first-order valence-electron chi connectivity index (χ1n) is 6.80. The number of aliphatic hydroxyl groups is 1. The van der Waals surface area contributed by atoms with Crippen molar-refractivity contribution < 1.29 is 13.5 Å². The Morgan fingerprint density at radius 2 is 2.24 bits per heavy atom. The van der Waals surface area contributed by atoms with Gasteiger partial charge in [-0.3, -0.25) is 4.40 Å². The van der Waals surface area contributed by atoms with Crippen LogP contribution in [0.2, 0.25) is 0 Å². The molecule has 0 bridgehead atoms. The van der Waals surface area contributed by atoms with Crippen molar-refractivity contribution in [1.29, 1.82) is 0 Å². The van der Waals surface area contributed by atoms with Crippen molar-refractivity contribution in [2.45, 2.75) is 24.8 Å². The van der Waals surface area contributed by atoms with Crippen LogP contribution in [0, 0.1) is 0 Å². The largest absolute Gasteiger partial charge is 0.395 e. The Morgan fingerprint density at radius 3 is 2.86 bits per heavy atom. The first-order valence-corrected chi connectivity index (χ1v) is 9.12. The highest BCUT2D eigenvalue weighted by atomic mass is 32.2. The van der Waals surface area contributed by atoms with E-state index in [1.165, 1.54) is 15.6 Å². The maximum absolute atomic E-state index is 12.9. The summed E-state index contributed by atoms with van der Waals surface area (Å²) in [5.41, 5.74) is 0. The number of imidazole rings is 1. The average Bonchev–Trinajstić information content (AvgIpc) is 3.02. The molecule has 21 heavy (non-hydrogen) atoms. The van der Waals surface area contributed by atoms with Crippen LogP contribution in [-0.4, -0.2) is 54.0 Å². The number of hydrogen-bond acceptors (Lipinski definition) is 6. The summed E-state index contributed by atoms with van der Waals surface area (Å²) >= 11 is 1.38. The smallest absolute Gasteiger partial charge is 0.262 e. The van der Waals surface area contributed by atoms with E-state index in [0.717, 1.165) is 12.8 Å². The van der Waals surface area contributed by atoms with E-state index in [-0.39, 0.29) is 18.2 Å². The number of sulfonamides is 1. The van der Waals surface area contributed by atoms with Gasteiger partial charge in [0.15, 0.2) is 15.8 Å². The van der Waals surface area contributed by atoms with Gasteiger partial charge in [0.1, 0.15) is 0 Å². The lowest BCUT2D eigenvalue weighted by atomic mass is 10.3. The zero-order valence-electron chi connectivity index (χ0n) is 12.1. The predicted molar refractivity (Wildman–Crippen MR) is 83.4 cm³/mol. The Balaban J connectivity index is 2.49. The monoisotopic (exact) mass is 332 g/mol. The normalized spacial score (nSPS) is 12.4. The summed E-state index contributed by atoms with van der Waals surface area (Å²) in [6.45, 7) is 2.27. The molecule has 118 valence electrons. The molecule has 2 aromatic rings. The van der Waals surface area contributed by atoms with Crippen molar-refractivity contribution in [2.75, 3.05) is 32.1 Å². The van der Waals surface area contributed by atoms with Crippen molar-refractivity contribution in [3.8, 4) is 0 Å². The summed E-state index contributed by atoms with van der Waals surface area (Å²) in [6.07, 6.45) is 3.33. The quantitative estimate of drug-likeness (QED) is 0.759. The standard InChI is InChI=1S/C12H20N4O3S2/c1-3-4-5-15(6-8-17)21(18,19)11-10(13-2)14-12-16(11)7-9-20-12/h7,9,13,17H,3-6,8H2,1-2H3. The zero-order chi connectivity index (χ0) is 15.5. The first kappa shape index (κ1) is 16.2. The molecule has 2 aromatic heterocycles. The number of rotatable bonds is 8. The number of anilines is 1. The van der Waals surface area contributed by atoms with Crippen LogP contribution in [-0.2, 0) is 10.0 Å². The molecule has 0 spiro atoms. The van der Waals surface area contributed by atoms with E-state index in [4.69, 9.17) is 5.11 Å². The second-order valence-electron chi connectivity index (χ2n) is 4.55. The number of nitrogens with one attached hydrogen (secondary N) is 1. The van der Waals surface area contributed by atoms with Crippen molar-refractivity contribution in [3.63, 3.8) is 0 Å². The Labute approximate surface area is 128 Å². The number of thiazole rings is 1. The van der Waals surface area contributed by atoms with E-state index in [1.54, 1.807) is 23.0 Å².